The lowest BCUT2D eigenvalue weighted by molar-refractivity contribution is -0.134. The molecule has 0 N–H and O–H groups in total. The van der Waals surface area contributed by atoms with E-state index in [1.807, 2.05) is 42.8 Å². The molecule has 3 rings (SSSR count). The monoisotopic (exact) mass is 449 g/mol. The maximum Gasteiger partial charge on any atom is 0.348 e. The SMILES string of the molecule is Cc1ccc(Cn2nc(C)c3cc(C(=O)OCC(=O)N(CCC#N)CCC#N)sc32)cc1. The van der Waals surface area contributed by atoms with Gasteiger partial charge in [-0.15, -0.1) is 11.3 Å². The Labute approximate surface area is 190 Å². The van der Waals surface area contributed by atoms with E-state index in [1.165, 1.54) is 21.8 Å². The van der Waals surface area contributed by atoms with Crippen LogP contribution in [0.25, 0.3) is 10.2 Å². The van der Waals surface area contributed by atoms with Gasteiger partial charge in [-0.05, 0) is 25.5 Å². The molecule has 0 aliphatic rings. The molecule has 1 aromatic carbocycles. The smallest absolute Gasteiger partial charge is 0.348 e. The summed E-state index contributed by atoms with van der Waals surface area (Å²) in [6.07, 6.45) is 0.302. The van der Waals surface area contributed by atoms with E-state index in [-0.39, 0.29) is 25.9 Å². The molecule has 164 valence electrons. The van der Waals surface area contributed by atoms with Gasteiger partial charge in [0.15, 0.2) is 6.61 Å². The molecule has 9 heteroatoms. The van der Waals surface area contributed by atoms with Crippen molar-refractivity contribution < 1.29 is 14.3 Å². The number of fused-ring (bicyclic) bond motifs is 1. The summed E-state index contributed by atoms with van der Waals surface area (Å²) in [5, 5.41) is 23.0. The van der Waals surface area contributed by atoms with E-state index in [2.05, 4.69) is 17.2 Å². The van der Waals surface area contributed by atoms with Crippen LogP contribution in [0.3, 0.4) is 0 Å². The van der Waals surface area contributed by atoms with Gasteiger partial charge in [0.25, 0.3) is 5.91 Å². The Morgan fingerprint density at radius 2 is 1.78 bits per heavy atom. The molecule has 0 aliphatic heterocycles. The van der Waals surface area contributed by atoms with Crippen LogP contribution in [-0.4, -0.2) is 46.3 Å². The maximum atomic E-state index is 12.6. The van der Waals surface area contributed by atoms with Gasteiger partial charge in [-0.1, -0.05) is 29.8 Å². The predicted octanol–water partition coefficient (Wildman–Crippen LogP) is 3.58. The van der Waals surface area contributed by atoms with Gasteiger partial charge in [-0.3, -0.25) is 9.48 Å². The predicted molar refractivity (Wildman–Crippen MR) is 120 cm³/mol. The highest BCUT2D eigenvalue weighted by molar-refractivity contribution is 7.20. The maximum absolute atomic E-state index is 12.6. The van der Waals surface area contributed by atoms with Crippen molar-refractivity contribution in [2.45, 2.75) is 33.2 Å². The van der Waals surface area contributed by atoms with Crippen molar-refractivity contribution in [3.05, 3.63) is 52.0 Å². The first-order valence-corrected chi connectivity index (χ1v) is 11.0. The summed E-state index contributed by atoms with van der Waals surface area (Å²) in [6, 6.07) is 13.9. The summed E-state index contributed by atoms with van der Waals surface area (Å²) in [7, 11) is 0. The number of ether oxygens (including phenoxy) is 1. The number of benzene rings is 1. The summed E-state index contributed by atoms with van der Waals surface area (Å²) in [4.78, 5) is 27.6. The minimum Gasteiger partial charge on any atom is -0.451 e. The number of nitriles is 2. The molecular formula is C23H23N5O3S. The van der Waals surface area contributed by atoms with Crippen LogP contribution >= 0.6 is 11.3 Å². The highest BCUT2D eigenvalue weighted by Gasteiger charge is 2.20. The number of rotatable bonds is 9. The molecule has 0 saturated heterocycles. The minimum absolute atomic E-state index is 0.151. The molecule has 0 spiro atoms. The fraction of sp³-hybridized carbons (Fsp3) is 0.348. The average Bonchev–Trinajstić information content (AvgIpc) is 3.35. The Balaban J connectivity index is 1.69. The van der Waals surface area contributed by atoms with Crippen molar-refractivity contribution in [2.75, 3.05) is 19.7 Å². The van der Waals surface area contributed by atoms with Gasteiger partial charge >= 0.3 is 5.97 Å². The normalized spacial score (nSPS) is 10.5. The van der Waals surface area contributed by atoms with E-state index >= 15 is 0 Å². The van der Waals surface area contributed by atoms with Crippen molar-refractivity contribution >= 4 is 33.4 Å². The molecule has 1 amide bonds. The molecule has 0 bridgehead atoms. The van der Waals surface area contributed by atoms with Crippen LogP contribution in [0.4, 0.5) is 0 Å². The van der Waals surface area contributed by atoms with Crippen molar-refractivity contribution in [2.24, 2.45) is 0 Å². The van der Waals surface area contributed by atoms with E-state index in [1.54, 1.807) is 6.07 Å². The van der Waals surface area contributed by atoms with Gasteiger partial charge in [0.2, 0.25) is 0 Å². The number of aryl methyl sites for hydroxylation is 2. The number of amides is 1. The molecule has 0 radical (unpaired) electrons. The van der Waals surface area contributed by atoms with Gasteiger partial charge in [-0.25, -0.2) is 4.79 Å². The molecular weight excluding hydrogens is 426 g/mol. The van der Waals surface area contributed by atoms with Crippen LogP contribution in [0.1, 0.15) is 39.3 Å². The third kappa shape index (κ3) is 5.51. The summed E-state index contributed by atoms with van der Waals surface area (Å²) in [6.45, 7) is 4.48. The molecule has 0 saturated carbocycles. The van der Waals surface area contributed by atoms with Crippen LogP contribution in [0.15, 0.2) is 30.3 Å². The van der Waals surface area contributed by atoms with E-state index in [0.717, 1.165) is 21.5 Å². The Morgan fingerprint density at radius 1 is 1.12 bits per heavy atom. The van der Waals surface area contributed by atoms with Crippen LogP contribution < -0.4 is 0 Å². The molecule has 2 heterocycles. The second-order valence-electron chi connectivity index (χ2n) is 7.33. The Kier molecular flexibility index (Phi) is 7.58. The zero-order valence-corrected chi connectivity index (χ0v) is 18.8. The summed E-state index contributed by atoms with van der Waals surface area (Å²) in [5.41, 5.74) is 3.11. The summed E-state index contributed by atoms with van der Waals surface area (Å²) >= 11 is 1.28. The lowest BCUT2D eigenvalue weighted by Crippen LogP contribution is -2.36. The number of aromatic nitrogens is 2. The topological polar surface area (TPSA) is 112 Å². The summed E-state index contributed by atoms with van der Waals surface area (Å²) < 4.78 is 7.09. The molecule has 0 fully saturated rings. The molecule has 3 aromatic rings. The number of carbonyl (C=O) groups is 2. The summed E-state index contributed by atoms with van der Waals surface area (Å²) in [5.74, 6) is -1.01. The Bertz CT molecular complexity index is 1180. The standard InChI is InChI=1S/C23H23N5O3S/c1-16-5-7-18(8-6-16)14-28-22-19(17(2)26-28)13-20(32-22)23(30)31-15-21(29)27(11-3-9-24)12-4-10-25/h5-8,13H,3-4,11-12,14-15H2,1-2H3. The number of nitrogens with zero attached hydrogens (tertiary/aromatic N) is 5. The number of hydrogen-bond acceptors (Lipinski definition) is 7. The number of thiophene rings is 1. The first-order chi connectivity index (χ1) is 15.4. The van der Waals surface area contributed by atoms with Gasteiger partial charge in [0, 0.05) is 18.5 Å². The first kappa shape index (κ1) is 23.0. The largest absolute Gasteiger partial charge is 0.451 e. The van der Waals surface area contributed by atoms with Gasteiger partial charge < -0.3 is 9.64 Å². The Hall–Kier alpha value is -3.69. The second-order valence-corrected chi connectivity index (χ2v) is 8.36. The lowest BCUT2D eigenvalue weighted by atomic mass is 10.1. The molecule has 32 heavy (non-hydrogen) atoms. The second kappa shape index (κ2) is 10.6. The first-order valence-electron chi connectivity index (χ1n) is 10.1. The quantitative estimate of drug-likeness (QED) is 0.462. The molecule has 0 unspecified atom stereocenters. The minimum atomic E-state index is -0.582. The number of carbonyl (C=O) groups excluding carboxylic acids is 2. The average molecular weight is 450 g/mol. The number of hydrogen-bond donors (Lipinski definition) is 0. The van der Waals surface area contributed by atoms with Crippen molar-refractivity contribution in [1.29, 1.82) is 10.5 Å². The molecule has 0 atom stereocenters. The molecule has 2 aromatic heterocycles. The molecule has 0 aliphatic carbocycles. The van der Waals surface area contributed by atoms with E-state index in [9.17, 15) is 9.59 Å². The van der Waals surface area contributed by atoms with Crippen LogP contribution in [0.5, 0.6) is 0 Å². The van der Waals surface area contributed by atoms with Crippen LogP contribution in [-0.2, 0) is 16.1 Å². The fourth-order valence-electron chi connectivity index (χ4n) is 3.21. The van der Waals surface area contributed by atoms with E-state index in [4.69, 9.17) is 15.3 Å². The van der Waals surface area contributed by atoms with Gasteiger partial charge in [0.05, 0.1) is 37.2 Å². The third-order valence-corrected chi connectivity index (χ3v) is 6.06. The third-order valence-electron chi connectivity index (χ3n) is 4.93. The lowest BCUT2D eigenvalue weighted by Gasteiger charge is -2.19. The van der Waals surface area contributed by atoms with Crippen molar-refractivity contribution in [3.8, 4) is 12.1 Å². The van der Waals surface area contributed by atoms with Crippen molar-refractivity contribution in [1.82, 2.24) is 14.7 Å². The zero-order chi connectivity index (χ0) is 23.1. The van der Waals surface area contributed by atoms with E-state index < -0.39 is 18.5 Å². The number of esters is 1. The molecule has 8 nitrogen and oxygen atoms in total. The van der Waals surface area contributed by atoms with Crippen molar-refractivity contribution in [3.63, 3.8) is 0 Å². The highest BCUT2D eigenvalue weighted by atomic mass is 32.1. The van der Waals surface area contributed by atoms with Crippen LogP contribution in [0, 0.1) is 36.5 Å². The fourth-order valence-corrected chi connectivity index (χ4v) is 4.26. The zero-order valence-electron chi connectivity index (χ0n) is 18.0. The van der Waals surface area contributed by atoms with Gasteiger partial charge in [0.1, 0.15) is 9.71 Å². The van der Waals surface area contributed by atoms with Crippen LogP contribution in [0.2, 0.25) is 0 Å². The highest BCUT2D eigenvalue weighted by Crippen LogP contribution is 2.29. The van der Waals surface area contributed by atoms with E-state index in [0.29, 0.717) is 11.4 Å². The van der Waals surface area contributed by atoms with Gasteiger partial charge in [-0.2, -0.15) is 15.6 Å². The Morgan fingerprint density at radius 3 is 2.41 bits per heavy atom.